The van der Waals surface area contributed by atoms with Crippen molar-refractivity contribution in [2.24, 2.45) is 0 Å². The van der Waals surface area contributed by atoms with Crippen LogP contribution in [-0.2, 0) is 11.0 Å². The maximum Gasteiger partial charge on any atom is 0.418 e. The summed E-state index contributed by atoms with van der Waals surface area (Å²) >= 11 is 0. The van der Waals surface area contributed by atoms with E-state index < -0.39 is 35.4 Å². The van der Waals surface area contributed by atoms with Gasteiger partial charge in [0.15, 0.2) is 12.4 Å². The molecule has 2 heterocycles. The van der Waals surface area contributed by atoms with E-state index in [-0.39, 0.29) is 22.7 Å². The van der Waals surface area contributed by atoms with Gasteiger partial charge in [-0.1, -0.05) is 23.8 Å². The molecule has 2 aromatic heterocycles. The highest BCUT2D eigenvalue weighted by molar-refractivity contribution is 5.93. The molecule has 1 N–H and O–H groups in total. The van der Waals surface area contributed by atoms with Crippen LogP contribution < -0.4 is 15.5 Å². The zero-order valence-corrected chi connectivity index (χ0v) is 16.7. The number of furan rings is 1. The number of nitrogens with one attached hydrogen (secondary N) is 1. The van der Waals surface area contributed by atoms with Crippen LogP contribution in [0.3, 0.4) is 0 Å². The molecule has 9 heteroatoms. The highest BCUT2D eigenvalue weighted by atomic mass is 19.4. The van der Waals surface area contributed by atoms with Gasteiger partial charge in [-0.25, -0.2) is 0 Å². The predicted molar refractivity (Wildman–Crippen MR) is 110 cm³/mol. The Morgan fingerprint density at radius 3 is 2.59 bits per heavy atom. The highest BCUT2D eigenvalue weighted by Crippen LogP contribution is 2.35. The van der Waals surface area contributed by atoms with Crippen molar-refractivity contribution in [3.05, 3.63) is 82.2 Å². The van der Waals surface area contributed by atoms with E-state index in [1.807, 2.05) is 0 Å². The van der Waals surface area contributed by atoms with Gasteiger partial charge in [0.2, 0.25) is 16.9 Å². The first-order valence-corrected chi connectivity index (χ1v) is 9.44. The monoisotopic (exact) mass is 443 g/mol. The standard InChI is InChI=1S/C23H16F3NO5/c1-13-8-9-17-14(11-13)20(29)22(21(32-17)18-7-4-10-30-18)31-12-19(28)27-16-6-3-2-5-15(16)23(24,25)26/h2-11H,12H2,1H3,(H,27,28). The number of aryl methyl sites for hydroxylation is 1. The van der Waals surface area contributed by atoms with Crippen LogP contribution in [0.2, 0.25) is 0 Å². The summed E-state index contributed by atoms with van der Waals surface area (Å²) in [5, 5.41) is 2.40. The van der Waals surface area contributed by atoms with Crippen molar-refractivity contribution in [3.8, 4) is 17.3 Å². The summed E-state index contributed by atoms with van der Waals surface area (Å²) in [6, 6.07) is 12.7. The number of carbonyl (C=O) groups excluding carboxylic acids is 1. The van der Waals surface area contributed by atoms with Crippen LogP contribution in [0.15, 0.2) is 74.5 Å². The Morgan fingerprint density at radius 1 is 1.09 bits per heavy atom. The zero-order valence-electron chi connectivity index (χ0n) is 16.7. The van der Waals surface area contributed by atoms with Crippen molar-refractivity contribution in [1.82, 2.24) is 0 Å². The molecular formula is C23H16F3NO5. The average molecular weight is 443 g/mol. The number of halogens is 3. The van der Waals surface area contributed by atoms with Gasteiger partial charge >= 0.3 is 6.18 Å². The van der Waals surface area contributed by atoms with E-state index in [9.17, 15) is 22.8 Å². The molecular weight excluding hydrogens is 427 g/mol. The lowest BCUT2D eigenvalue weighted by atomic mass is 10.1. The predicted octanol–water partition coefficient (Wildman–Crippen LogP) is 5.40. The third-order valence-electron chi connectivity index (χ3n) is 4.60. The first-order chi connectivity index (χ1) is 15.2. The van der Waals surface area contributed by atoms with E-state index in [0.29, 0.717) is 5.58 Å². The molecule has 0 unspecified atom stereocenters. The van der Waals surface area contributed by atoms with Crippen LogP contribution in [-0.4, -0.2) is 12.5 Å². The van der Waals surface area contributed by atoms with E-state index in [1.54, 1.807) is 37.3 Å². The van der Waals surface area contributed by atoms with Gasteiger partial charge in [0.25, 0.3) is 5.91 Å². The van der Waals surface area contributed by atoms with Crippen LogP contribution in [0.5, 0.6) is 5.75 Å². The number of hydrogen-bond acceptors (Lipinski definition) is 5. The summed E-state index contributed by atoms with van der Waals surface area (Å²) in [4.78, 5) is 25.4. The smallest absolute Gasteiger partial charge is 0.418 e. The van der Waals surface area contributed by atoms with Crippen LogP contribution >= 0.6 is 0 Å². The van der Waals surface area contributed by atoms with Gasteiger partial charge in [-0.05, 0) is 43.3 Å². The van der Waals surface area contributed by atoms with E-state index in [2.05, 4.69) is 5.32 Å². The molecule has 4 aromatic rings. The second-order valence-electron chi connectivity index (χ2n) is 6.95. The van der Waals surface area contributed by atoms with E-state index in [4.69, 9.17) is 13.6 Å². The van der Waals surface area contributed by atoms with Gasteiger partial charge in [-0.3, -0.25) is 9.59 Å². The van der Waals surface area contributed by atoms with Gasteiger partial charge in [0.05, 0.1) is 22.9 Å². The van der Waals surface area contributed by atoms with Crippen molar-refractivity contribution in [3.63, 3.8) is 0 Å². The first-order valence-electron chi connectivity index (χ1n) is 9.44. The van der Waals surface area contributed by atoms with Gasteiger partial charge in [0, 0.05) is 0 Å². The van der Waals surface area contributed by atoms with Gasteiger partial charge in [-0.15, -0.1) is 0 Å². The minimum absolute atomic E-state index is 0.0279. The third kappa shape index (κ3) is 4.22. The summed E-state index contributed by atoms with van der Waals surface area (Å²) in [6.07, 6.45) is -3.27. The third-order valence-corrected chi connectivity index (χ3v) is 4.60. The lowest BCUT2D eigenvalue weighted by molar-refractivity contribution is -0.137. The number of alkyl halides is 3. The molecule has 0 atom stereocenters. The molecule has 6 nitrogen and oxygen atoms in total. The Kier molecular flexibility index (Phi) is 5.48. The molecule has 32 heavy (non-hydrogen) atoms. The molecule has 2 aromatic carbocycles. The molecule has 0 aliphatic rings. The largest absolute Gasteiger partial charge is 0.476 e. The molecule has 0 aliphatic carbocycles. The van der Waals surface area contributed by atoms with Crippen molar-refractivity contribution in [1.29, 1.82) is 0 Å². The van der Waals surface area contributed by atoms with E-state index in [1.165, 1.54) is 18.4 Å². The summed E-state index contributed by atoms with van der Waals surface area (Å²) in [5.41, 5.74) is -0.845. The molecule has 4 rings (SSSR count). The van der Waals surface area contributed by atoms with E-state index >= 15 is 0 Å². The number of anilines is 1. The summed E-state index contributed by atoms with van der Waals surface area (Å²) < 4.78 is 56.0. The summed E-state index contributed by atoms with van der Waals surface area (Å²) in [5.74, 6) is -0.990. The molecule has 164 valence electrons. The highest BCUT2D eigenvalue weighted by Gasteiger charge is 2.33. The number of hydrogen-bond donors (Lipinski definition) is 1. The minimum Gasteiger partial charge on any atom is -0.476 e. The molecule has 0 fully saturated rings. The molecule has 0 bridgehead atoms. The Bertz CT molecular complexity index is 1340. The van der Waals surface area contributed by atoms with E-state index in [0.717, 1.165) is 17.7 Å². The fraction of sp³-hybridized carbons (Fsp3) is 0.130. The number of benzene rings is 2. The molecule has 0 saturated heterocycles. The normalized spacial score (nSPS) is 11.5. The fourth-order valence-electron chi connectivity index (χ4n) is 3.16. The molecule has 0 saturated carbocycles. The maximum absolute atomic E-state index is 13.1. The Morgan fingerprint density at radius 2 is 1.88 bits per heavy atom. The quantitative estimate of drug-likeness (QED) is 0.447. The number of amides is 1. The fourth-order valence-corrected chi connectivity index (χ4v) is 3.16. The zero-order chi connectivity index (χ0) is 22.9. The van der Waals surface area contributed by atoms with Gasteiger partial charge < -0.3 is 18.9 Å². The molecule has 0 radical (unpaired) electrons. The topological polar surface area (TPSA) is 81.7 Å². The maximum atomic E-state index is 13.1. The van der Waals surface area contributed by atoms with Crippen molar-refractivity contribution >= 4 is 22.6 Å². The van der Waals surface area contributed by atoms with Crippen LogP contribution in [0.25, 0.3) is 22.5 Å². The van der Waals surface area contributed by atoms with Crippen molar-refractivity contribution in [2.75, 3.05) is 11.9 Å². The number of fused-ring (bicyclic) bond motifs is 1. The lowest BCUT2D eigenvalue weighted by Gasteiger charge is -2.14. The molecule has 0 spiro atoms. The number of para-hydroxylation sites is 1. The van der Waals surface area contributed by atoms with Gasteiger partial charge in [0.1, 0.15) is 5.58 Å². The van der Waals surface area contributed by atoms with Crippen molar-refractivity contribution < 1.29 is 31.5 Å². The summed E-state index contributed by atoms with van der Waals surface area (Å²) in [6.45, 7) is 1.08. The Hall–Kier alpha value is -4.01. The molecule has 1 amide bonds. The van der Waals surface area contributed by atoms with Crippen molar-refractivity contribution in [2.45, 2.75) is 13.1 Å². The molecule has 0 aliphatic heterocycles. The van der Waals surface area contributed by atoms with Crippen LogP contribution in [0.1, 0.15) is 11.1 Å². The Labute approximate surface area is 179 Å². The first kappa shape index (κ1) is 21.2. The Balaban J connectivity index is 1.65. The second-order valence-corrected chi connectivity index (χ2v) is 6.95. The summed E-state index contributed by atoms with van der Waals surface area (Å²) in [7, 11) is 0. The number of carbonyl (C=O) groups is 1. The van der Waals surface area contributed by atoms with Gasteiger partial charge in [-0.2, -0.15) is 13.2 Å². The number of rotatable bonds is 5. The number of ether oxygens (including phenoxy) is 1. The second kappa shape index (κ2) is 8.26. The van der Waals surface area contributed by atoms with Crippen LogP contribution in [0, 0.1) is 6.92 Å². The minimum atomic E-state index is -4.64. The lowest BCUT2D eigenvalue weighted by Crippen LogP contribution is -2.24. The van der Waals surface area contributed by atoms with Crippen LogP contribution in [0.4, 0.5) is 18.9 Å². The SMILES string of the molecule is Cc1ccc2oc(-c3ccco3)c(OCC(=O)Nc3ccccc3C(F)(F)F)c(=O)c2c1. The average Bonchev–Trinajstić information content (AvgIpc) is 3.28.